The first-order valence-corrected chi connectivity index (χ1v) is 8.21. The summed E-state index contributed by atoms with van der Waals surface area (Å²) in [5, 5.41) is 2.90. The molecule has 126 valence electrons. The van der Waals surface area contributed by atoms with Crippen LogP contribution in [-0.2, 0) is 17.9 Å². The molecule has 0 fully saturated rings. The highest BCUT2D eigenvalue weighted by molar-refractivity contribution is 5.93. The van der Waals surface area contributed by atoms with Crippen LogP contribution in [0, 0.1) is 0 Å². The Morgan fingerprint density at radius 3 is 2.92 bits per heavy atom. The maximum Gasteiger partial charge on any atom is 0.252 e. The summed E-state index contributed by atoms with van der Waals surface area (Å²) in [6.45, 7) is 1.56. The number of nitrogens with one attached hydrogen (secondary N) is 1. The zero-order valence-electron chi connectivity index (χ0n) is 13.6. The molecule has 1 aromatic carbocycles. The molecule has 1 amide bonds. The number of carbonyl (C=O) groups excluding carboxylic acids is 1. The molecule has 0 bridgehead atoms. The Balaban J connectivity index is 1.40. The Hall–Kier alpha value is -2.99. The van der Waals surface area contributed by atoms with E-state index in [0.717, 1.165) is 17.1 Å². The second-order valence-corrected chi connectivity index (χ2v) is 5.95. The summed E-state index contributed by atoms with van der Waals surface area (Å²) in [7, 11) is 0. The van der Waals surface area contributed by atoms with E-state index < -0.39 is 0 Å². The van der Waals surface area contributed by atoms with Crippen LogP contribution in [0.25, 0.3) is 11.3 Å². The van der Waals surface area contributed by atoms with Crippen LogP contribution in [-0.4, -0.2) is 33.1 Å². The zero-order chi connectivity index (χ0) is 17.1. The van der Waals surface area contributed by atoms with Crippen LogP contribution in [0.2, 0.25) is 0 Å². The fraction of sp³-hybridized carbons (Fsp3) is 0.211. The second kappa shape index (κ2) is 6.86. The van der Waals surface area contributed by atoms with Gasteiger partial charge >= 0.3 is 0 Å². The van der Waals surface area contributed by atoms with Crippen LogP contribution in [0.3, 0.4) is 0 Å². The van der Waals surface area contributed by atoms with Crippen LogP contribution in [0.4, 0.5) is 0 Å². The van der Waals surface area contributed by atoms with E-state index in [2.05, 4.69) is 19.9 Å². The van der Waals surface area contributed by atoms with Gasteiger partial charge in [0, 0.05) is 30.7 Å². The van der Waals surface area contributed by atoms with Crippen LogP contribution >= 0.6 is 0 Å². The van der Waals surface area contributed by atoms with Crippen LogP contribution in [0.1, 0.15) is 16.2 Å². The van der Waals surface area contributed by atoms with Crippen molar-refractivity contribution in [2.75, 3.05) is 6.54 Å². The van der Waals surface area contributed by atoms with Crippen molar-refractivity contribution in [2.24, 2.45) is 0 Å². The third-order valence-corrected chi connectivity index (χ3v) is 4.19. The van der Waals surface area contributed by atoms with E-state index in [9.17, 15) is 4.79 Å². The molecule has 0 aliphatic carbocycles. The Morgan fingerprint density at radius 2 is 2.12 bits per heavy atom. The van der Waals surface area contributed by atoms with E-state index in [1.165, 1.54) is 0 Å². The summed E-state index contributed by atoms with van der Waals surface area (Å²) in [6.07, 6.45) is 5.16. The third kappa shape index (κ3) is 3.44. The minimum absolute atomic E-state index is 0.0778. The summed E-state index contributed by atoms with van der Waals surface area (Å²) in [5.74, 6) is 0.770. The lowest BCUT2D eigenvalue weighted by molar-refractivity contribution is 0.00327. The number of imidazole rings is 1. The van der Waals surface area contributed by atoms with Crippen molar-refractivity contribution in [2.45, 2.75) is 19.3 Å². The molecule has 1 N–H and O–H groups in total. The molecule has 1 atom stereocenters. The lowest BCUT2D eigenvalue weighted by Crippen LogP contribution is -2.38. The first-order chi connectivity index (χ1) is 12.3. The van der Waals surface area contributed by atoms with Gasteiger partial charge in [0.1, 0.15) is 12.4 Å². The molecule has 1 aliphatic heterocycles. The van der Waals surface area contributed by atoms with E-state index in [4.69, 9.17) is 4.74 Å². The predicted molar refractivity (Wildman–Crippen MR) is 92.8 cm³/mol. The Labute approximate surface area is 145 Å². The number of amides is 1. The van der Waals surface area contributed by atoms with Gasteiger partial charge in [0.15, 0.2) is 0 Å². The van der Waals surface area contributed by atoms with E-state index in [-0.39, 0.29) is 12.0 Å². The fourth-order valence-electron chi connectivity index (χ4n) is 2.87. The van der Waals surface area contributed by atoms with Gasteiger partial charge in [-0.3, -0.25) is 9.78 Å². The number of ether oxygens (including phenoxy) is 1. The van der Waals surface area contributed by atoms with Gasteiger partial charge in [-0.25, -0.2) is 4.98 Å². The van der Waals surface area contributed by atoms with Gasteiger partial charge in [0.2, 0.25) is 0 Å². The van der Waals surface area contributed by atoms with Gasteiger partial charge in [-0.05, 0) is 12.1 Å². The number of carbonyl (C=O) groups is 1. The molecule has 1 unspecified atom stereocenters. The van der Waals surface area contributed by atoms with Crippen LogP contribution < -0.4 is 5.32 Å². The number of rotatable bonds is 4. The van der Waals surface area contributed by atoms with Gasteiger partial charge in [0.05, 0.1) is 23.9 Å². The van der Waals surface area contributed by atoms with Crippen molar-refractivity contribution < 1.29 is 9.53 Å². The molecule has 0 saturated carbocycles. The normalized spacial score (nSPS) is 16.2. The van der Waals surface area contributed by atoms with Crippen molar-refractivity contribution in [3.63, 3.8) is 0 Å². The first-order valence-electron chi connectivity index (χ1n) is 8.21. The summed E-state index contributed by atoms with van der Waals surface area (Å²) < 4.78 is 7.93. The molecule has 3 aromatic rings. The monoisotopic (exact) mass is 334 g/mol. The zero-order valence-corrected chi connectivity index (χ0v) is 13.6. The highest BCUT2D eigenvalue weighted by Crippen LogP contribution is 2.21. The average molecular weight is 334 g/mol. The molecule has 0 saturated heterocycles. The Kier molecular flexibility index (Phi) is 4.26. The molecule has 4 rings (SSSR count). The third-order valence-electron chi connectivity index (χ3n) is 4.19. The lowest BCUT2D eigenvalue weighted by Gasteiger charge is -2.24. The topological polar surface area (TPSA) is 69.0 Å². The Morgan fingerprint density at radius 1 is 1.24 bits per heavy atom. The minimum Gasteiger partial charge on any atom is -0.367 e. The predicted octanol–water partition coefficient (Wildman–Crippen LogP) is 2.27. The van der Waals surface area contributed by atoms with E-state index >= 15 is 0 Å². The van der Waals surface area contributed by atoms with Crippen LogP contribution in [0.5, 0.6) is 0 Å². The van der Waals surface area contributed by atoms with Gasteiger partial charge in [-0.1, -0.05) is 30.3 Å². The maximum atomic E-state index is 12.1. The summed E-state index contributed by atoms with van der Waals surface area (Å²) >= 11 is 0. The highest BCUT2D eigenvalue weighted by atomic mass is 16.5. The molecule has 6 nitrogen and oxygen atoms in total. The number of nitrogens with zero attached hydrogens (tertiary/aromatic N) is 3. The number of hydrogen-bond donors (Lipinski definition) is 1. The van der Waals surface area contributed by atoms with Crippen molar-refractivity contribution in [3.05, 3.63) is 72.4 Å². The van der Waals surface area contributed by atoms with Gasteiger partial charge in [-0.2, -0.15) is 0 Å². The van der Waals surface area contributed by atoms with Crippen LogP contribution in [0.15, 0.2) is 61.1 Å². The Bertz CT molecular complexity index is 862. The second-order valence-electron chi connectivity index (χ2n) is 5.95. The number of benzene rings is 1. The van der Waals surface area contributed by atoms with Gasteiger partial charge in [-0.15, -0.1) is 0 Å². The smallest absolute Gasteiger partial charge is 0.252 e. The first kappa shape index (κ1) is 15.5. The van der Waals surface area contributed by atoms with Crippen molar-refractivity contribution in [1.82, 2.24) is 19.9 Å². The van der Waals surface area contributed by atoms with Gasteiger partial charge < -0.3 is 14.6 Å². The van der Waals surface area contributed by atoms with Crippen molar-refractivity contribution in [1.29, 1.82) is 0 Å². The summed E-state index contributed by atoms with van der Waals surface area (Å²) in [6, 6.07) is 13.6. The molecular weight excluding hydrogens is 316 g/mol. The highest BCUT2D eigenvalue weighted by Gasteiger charge is 2.22. The standard InChI is InChI=1S/C19H18N4O2/c24-19(15-7-4-8-20-9-15)21-10-16-11-23-12-17(22-18(23)13-25-16)14-5-2-1-3-6-14/h1-9,12,16H,10-11,13H2,(H,21,24). The summed E-state index contributed by atoms with van der Waals surface area (Å²) in [5.41, 5.74) is 2.58. The molecule has 2 aromatic heterocycles. The molecule has 3 heterocycles. The average Bonchev–Trinajstić information content (AvgIpc) is 3.11. The largest absolute Gasteiger partial charge is 0.367 e. The van der Waals surface area contributed by atoms with E-state index in [1.54, 1.807) is 24.5 Å². The molecular formula is C19H18N4O2. The van der Waals surface area contributed by atoms with Gasteiger partial charge in [0.25, 0.3) is 5.91 Å². The van der Waals surface area contributed by atoms with E-state index in [1.807, 2.05) is 36.5 Å². The summed E-state index contributed by atoms with van der Waals surface area (Å²) in [4.78, 5) is 20.7. The SMILES string of the molecule is O=C(NCC1Cn2cc(-c3ccccc3)nc2CO1)c1cccnc1. The van der Waals surface area contributed by atoms with Crippen molar-refractivity contribution in [3.8, 4) is 11.3 Å². The molecule has 1 aliphatic rings. The quantitative estimate of drug-likeness (QED) is 0.795. The molecule has 0 spiro atoms. The molecule has 25 heavy (non-hydrogen) atoms. The van der Waals surface area contributed by atoms with E-state index in [0.29, 0.717) is 25.3 Å². The molecule has 0 radical (unpaired) electrons. The number of hydrogen-bond acceptors (Lipinski definition) is 4. The maximum absolute atomic E-state index is 12.1. The fourth-order valence-corrected chi connectivity index (χ4v) is 2.87. The molecule has 6 heteroatoms. The number of aromatic nitrogens is 3. The number of fused-ring (bicyclic) bond motifs is 1. The number of pyridine rings is 1. The minimum atomic E-state index is -0.141. The lowest BCUT2D eigenvalue weighted by atomic mass is 10.2. The van der Waals surface area contributed by atoms with Crippen molar-refractivity contribution >= 4 is 5.91 Å².